The van der Waals surface area contributed by atoms with Crippen molar-refractivity contribution in [3.63, 3.8) is 0 Å². The molecule has 0 amide bonds. The number of unbranched alkanes of at least 4 members (excludes halogenated alkanes) is 5. The second-order valence-electron chi connectivity index (χ2n) is 5.43. The number of aryl methyl sites for hydroxylation is 2. The predicted molar refractivity (Wildman–Crippen MR) is 85.7 cm³/mol. The van der Waals surface area contributed by atoms with Crippen LogP contribution in [0.25, 0.3) is 0 Å². The molecular formula is C16H27O4P. The number of phosphoric acid groups is 1. The predicted octanol–water partition coefficient (Wildman–Crippen LogP) is 5.16. The molecule has 1 unspecified atom stereocenters. The van der Waals surface area contributed by atoms with Gasteiger partial charge in [-0.05, 0) is 31.9 Å². The molecule has 1 rings (SSSR count). The molecule has 0 aliphatic carbocycles. The minimum Gasteiger partial charge on any atom is -0.404 e. The summed E-state index contributed by atoms with van der Waals surface area (Å²) < 4.78 is 22.0. The van der Waals surface area contributed by atoms with Gasteiger partial charge in [0.1, 0.15) is 5.75 Å². The normalized spacial score (nSPS) is 13.9. The maximum atomic E-state index is 11.9. The molecule has 1 aromatic rings. The van der Waals surface area contributed by atoms with E-state index in [1.165, 1.54) is 19.3 Å². The van der Waals surface area contributed by atoms with Crippen LogP contribution in [0.5, 0.6) is 5.75 Å². The topological polar surface area (TPSA) is 55.8 Å². The third kappa shape index (κ3) is 7.66. The Kier molecular flexibility index (Phi) is 8.02. The first kappa shape index (κ1) is 18.2. The molecule has 0 saturated heterocycles. The highest BCUT2D eigenvalue weighted by molar-refractivity contribution is 7.47. The standard InChI is InChI=1S/C16H27O4P/c1-4-5-6-7-8-9-12-19-21(17,18)20-16-11-10-14(2)13-15(16)3/h10-11,13H,4-9,12H2,1-3H3,(H,17,18). The monoisotopic (exact) mass is 314 g/mol. The number of rotatable bonds is 10. The average Bonchev–Trinajstić information content (AvgIpc) is 2.41. The molecule has 0 spiro atoms. The molecule has 0 radical (unpaired) electrons. The smallest absolute Gasteiger partial charge is 0.404 e. The Bertz CT molecular complexity index is 473. The fraction of sp³-hybridized carbons (Fsp3) is 0.625. The van der Waals surface area contributed by atoms with E-state index >= 15 is 0 Å². The van der Waals surface area contributed by atoms with Gasteiger partial charge in [-0.25, -0.2) is 4.57 Å². The average molecular weight is 314 g/mol. The Morgan fingerprint density at radius 2 is 1.76 bits per heavy atom. The van der Waals surface area contributed by atoms with E-state index in [9.17, 15) is 9.46 Å². The largest absolute Gasteiger partial charge is 0.527 e. The Labute approximate surface area is 128 Å². The van der Waals surface area contributed by atoms with E-state index in [0.29, 0.717) is 5.75 Å². The summed E-state index contributed by atoms with van der Waals surface area (Å²) in [5, 5.41) is 0. The van der Waals surface area contributed by atoms with Crippen LogP contribution in [0.4, 0.5) is 0 Å². The first-order chi connectivity index (χ1) is 9.94. The molecule has 1 atom stereocenters. The van der Waals surface area contributed by atoms with Crippen molar-refractivity contribution in [2.45, 2.75) is 59.3 Å². The van der Waals surface area contributed by atoms with Crippen molar-refractivity contribution in [1.82, 2.24) is 0 Å². The van der Waals surface area contributed by atoms with Crippen molar-refractivity contribution in [2.24, 2.45) is 0 Å². The quantitative estimate of drug-likeness (QED) is 0.479. The van der Waals surface area contributed by atoms with Crippen molar-refractivity contribution in [3.8, 4) is 5.75 Å². The lowest BCUT2D eigenvalue weighted by Gasteiger charge is -2.14. The molecular weight excluding hydrogens is 287 g/mol. The molecule has 0 aliphatic rings. The van der Waals surface area contributed by atoms with Gasteiger partial charge >= 0.3 is 7.82 Å². The van der Waals surface area contributed by atoms with Gasteiger partial charge in [0.05, 0.1) is 6.61 Å². The van der Waals surface area contributed by atoms with Gasteiger partial charge in [0.2, 0.25) is 0 Å². The summed E-state index contributed by atoms with van der Waals surface area (Å²) in [5.74, 6) is 0.398. The van der Waals surface area contributed by atoms with Gasteiger partial charge < -0.3 is 4.52 Å². The van der Waals surface area contributed by atoms with E-state index in [4.69, 9.17) is 9.05 Å². The van der Waals surface area contributed by atoms with Crippen LogP contribution >= 0.6 is 7.82 Å². The Hall–Kier alpha value is -0.830. The number of hydrogen-bond donors (Lipinski definition) is 1. The van der Waals surface area contributed by atoms with Crippen molar-refractivity contribution in [1.29, 1.82) is 0 Å². The van der Waals surface area contributed by atoms with Crippen LogP contribution in [-0.2, 0) is 9.09 Å². The molecule has 0 aliphatic heterocycles. The van der Waals surface area contributed by atoms with E-state index in [-0.39, 0.29) is 6.61 Å². The molecule has 5 heteroatoms. The van der Waals surface area contributed by atoms with Crippen molar-refractivity contribution in [3.05, 3.63) is 29.3 Å². The molecule has 0 bridgehead atoms. The van der Waals surface area contributed by atoms with Gasteiger partial charge in [-0.2, -0.15) is 0 Å². The molecule has 0 aromatic heterocycles. The van der Waals surface area contributed by atoms with E-state index in [1.807, 2.05) is 26.0 Å². The zero-order chi connectivity index (χ0) is 15.7. The van der Waals surface area contributed by atoms with Gasteiger partial charge in [0.15, 0.2) is 0 Å². The number of phosphoric ester groups is 1. The van der Waals surface area contributed by atoms with Gasteiger partial charge in [0.25, 0.3) is 0 Å². The summed E-state index contributed by atoms with van der Waals surface area (Å²) >= 11 is 0. The van der Waals surface area contributed by atoms with Gasteiger partial charge in [0, 0.05) is 0 Å². The van der Waals surface area contributed by atoms with Crippen molar-refractivity contribution < 1.29 is 18.5 Å². The second-order valence-corrected chi connectivity index (χ2v) is 6.81. The van der Waals surface area contributed by atoms with Gasteiger partial charge in [-0.15, -0.1) is 0 Å². The lowest BCUT2D eigenvalue weighted by molar-refractivity contribution is 0.199. The lowest BCUT2D eigenvalue weighted by Crippen LogP contribution is -2.00. The molecule has 21 heavy (non-hydrogen) atoms. The highest BCUT2D eigenvalue weighted by Crippen LogP contribution is 2.44. The summed E-state index contributed by atoms with van der Waals surface area (Å²) in [6.45, 7) is 6.24. The van der Waals surface area contributed by atoms with Gasteiger partial charge in [-0.1, -0.05) is 56.7 Å². The minimum absolute atomic E-state index is 0.255. The summed E-state index contributed by atoms with van der Waals surface area (Å²) in [6.07, 6.45) is 6.62. The van der Waals surface area contributed by atoms with Crippen LogP contribution in [0.2, 0.25) is 0 Å². The Balaban J connectivity index is 2.31. The van der Waals surface area contributed by atoms with Crippen molar-refractivity contribution in [2.75, 3.05) is 6.61 Å². The highest BCUT2D eigenvalue weighted by Gasteiger charge is 2.23. The van der Waals surface area contributed by atoms with Crippen LogP contribution in [0.1, 0.15) is 56.6 Å². The molecule has 1 aromatic carbocycles. The Morgan fingerprint density at radius 1 is 1.10 bits per heavy atom. The molecule has 0 fully saturated rings. The third-order valence-electron chi connectivity index (χ3n) is 3.30. The SMILES string of the molecule is CCCCCCCCOP(=O)(O)Oc1ccc(C)cc1C. The van der Waals surface area contributed by atoms with Crippen LogP contribution < -0.4 is 4.52 Å². The highest BCUT2D eigenvalue weighted by atomic mass is 31.2. The van der Waals surface area contributed by atoms with E-state index in [1.54, 1.807) is 6.07 Å². The molecule has 4 nitrogen and oxygen atoms in total. The first-order valence-corrected chi connectivity index (χ1v) is 9.18. The minimum atomic E-state index is -4.02. The maximum Gasteiger partial charge on any atom is 0.527 e. The molecule has 120 valence electrons. The summed E-state index contributed by atoms with van der Waals surface area (Å²) in [7, 11) is -4.02. The fourth-order valence-corrected chi connectivity index (χ4v) is 2.98. The van der Waals surface area contributed by atoms with Crippen molar-refractivity contribution >= 4 is 7.82 Å². The fourth-order valence-electron chi connectivity index (χ4n) is 2.11. The van der Waals surface area contributed by atoms with E-state index in [0.717, 1.165) is 30.4 Å². The zero-order valence-electron chi connectivity index (χ0n) is 13.3. The number of hydrogen-bond acceptors (Lipinski definition) is 3. The molecule has 0 saturated carbocycles. The summed E-state index contributed by atoms with van der Waals surface area (Å²) in [6, 6.07) is 5.45. The van der Waals surface area contributed by atoms with Crippen LogP contribution in [-0.4, -0.2) is 11.5 Å². The van der Waals surface area contributed by atoms with Crippen LogP contribution in [0.15, 0.2) is 18.2 Å². The van der Waals surface area contributed by atoms with E-state index < -0.39 is 7.82 Å². The second kappa shape index (κ2) is 9.24. The molecule has 1 N–H and O–H groups in total. The third-order valence-corrected chi connectivity index (χ3v) is 4.23. The van der Waals surface area contributed by atoms with Gasteiger partial charge in [-0.3, -0.25) is 9.42 Å². The summed E-state index contributed by atoms with van der Waals surface area (Å²) in [5.41, 5.74) is 1.91. The van der Waals surface area contributed by atoms with Crippen LogP contribution in [0.3, 0.4) is 0 Å². The Morgan fingerprint density at radius 3 is 2.43 bits per heavy atom. The van der Waals surface area contributed by atoms with E-state index in [2.05, 4.69) is 6.92 Å². The van der Waals surface area contributed by atoms with Crippen LogP contribution in [0, 0.1) is 13.8 Å². The number of benzene rings is 1. The molecule has 0 heterocycles. The first-order valence-electron chi connectivity index (χ1n) is 7.69. The zero-order valence-corrected chi connectivity index (χ0v) is 14.2. The summed E-state index contributed by atoms with van der Waals surface area (Å²) in [4.78, 5) is 9.71. The lowest BCUT2D eigenvalue weighted by atomic mass is 10.1. The maximum absolute atomic E-state index is 11.9.